The standard InChI is InChI=1S/C16H21NO3S/c1-16(18,15-5-4-8-20-15)11-17-10-12-6-7-13(19-2)14(9-12)21-3/h4-9,17-18H,10-11H2,1-3H3. The van der Waals surface area contributed by atoms with Crippen LogP contribution in [0.15, 0.2) is 45.9 Å². The van der Waals surface area contributed by atoms with E-state index in [-0.39, 0.29) is 0 Å². The minimum atomic E-state index is -1.02. The van der Waals surface area contributed by atoms with E-state index in [0.717, 1.165) is 16.2 Å². The fourth-order valence-corrected chi connectivity index (χ4v) is 2.73. The molecule has 0 saturated carbocycles. The number of nitrogens with one attached hydrogen (secondary N) is 1. The molecule has 0 bridgehead atoms. The van der Waals surface area contributed by atoms with Crippen LogP contribution in [-0.4, -0.2) is 25.0 Å². The van der Waals surface area contributed by atoms with Crippen molar-refractivity contribution in [2.24, 2.45) is 0 Å². The number of rotatable bonds is 7. The second kappa shape index (κ2) is 7.02. The Morgan fingerprint density at radius 2 is 2.19 bits per heavy atom. The maximum atomic E-state index is 10.4. The van der Waals surface area contributed by atoms with Crippen LogP contribution < -0.4 is 10.1 Å². The van der Waals surface area contributed by atoms with Gasteiger partial charge in [-0.25, -0.2) is 0 Å². The first kappa shape index (κ1) is 15.9. The summed E-state index contributed by atoms with van der Waals surface area (Å²) in [5, 5.41) is 13.6. The summed E-state index contributed by atoms with van der Waals surface area (Å²) in [7, 11) is 1.67. The molecule has 0 aliphatic heterocycles. The van der Waals surface area contributed by atoms with Crippen molar-refractivity contribution in [3.05, 3.63) is 47.9 Å². The van der Waals surface area contributed by atoms with Crippen LogP contribution in [0.5, 0.6) is 5.75 Å². The molecule has 1 atom stereocenters. The average Bonchev–Trinajstić information content (AvgIpc) is 3.02. The minimum absolute atomic E-state index is 0.418. The molecule has 1 aromatic heterocycles. The summed E-state index contributed by atoms with van der Waals surface area (Å²) in [5.74, 6) is 1.45. The average molecular weight is 307 g/mol. The van der Waals surface area contributed by atoms with Gasteiger partial charge in [-0.15, -0.1) is 11.8 Å². The van der Waals surface area contributed by atoms with Gasteiger partial charge in [-0.1, -0.05) is 6.07 Å². The van der Waals surface area contributed by atoms with Gasteiger partial charge in [0, 0.05) is 18.0 Å². The summed E-state index contributed by atoms with van der Waals surface area (Å²) in [6, 6.07) is 9.64. The van der Waals surface area contributed by atoms with E-state index in [1.54, 1.807) is 44.2 Å². The molecule has 2 rings (SSSR count). The number of furan rings is 1. The predicted molar refractivity (Wildman–Crippen MR) is 84.8 cm³/mol. The second-order valence-electron chi connectivity index (χ2n) is 5.04. The fraction of sp³-hybridized carbons (Fsp3) is 0.375. The lowest BCUT2D eigenvalue weighted by atomic mass is 10.0. The quantitative estimate of drug-likeness (QED) is 0.770. The molecule has 0 fully saturated rings. The lowest BCUT2D eigenvalue weighted by Gasteiger charge is -2.21. The van der Waals surface area contributed by atoms with Gasteiger partial charge in [-0.05, 0) is 43.0 Å². The molecule has 0 saturated heterocycles. The van der Waals surface area contributed by atoms with Gasteiger partial charge in [0.15, 0.2) is 0 Å². The summed E-state index contributed by atoms with van der Waals surface area (Å²) in [5.41, 5.74) is 0.133. The Morgan fingerprint density at radius 1 is 1.38 bits per heavy atom. The third-order valence-corrected chi connectivity index (χ3v) is 4.06. The lowest BCUT2D eigenvalue weighted by molar-refractivity contribution is 0.0340. The van der Waals surface area contributed by atoms with Gasteiger partial charge < -0.3 is 19.6 Å². The normalized spacial score (nSPS) is 13.9. The third-order valence-electron chi connectivity index (χ3n) is 3.30. The zero-order valence-electron chi connectivity index (χ0n) is 12.6. The smallest absolute Gasteiger partial charge is 0.136 e. The van der Waals surface area contributed by atoms with Crippen LogP contribution >= 0.6 is 11.8 Å². The van der Waals surface area contributed by atoms with Crippen LogP contribution in [0.4, 0.5) is 0 Å². The van der Waals surface area contributed by atoms with Gasteiger partial charge in [-0.3, -0.25) is 0 Å². The Hall–Kier alpha value is -1.43. The summed E-state index contributed by atoms with van der Waals surface area (Å²) in [4.78, 5) is 1.11. The molecule has 4 nitrogen and oxygen atoms in total. The first-order valence-electron chi connectivity index (χ1n) is 6.75. The molecule has 0 aliphatic carbocycles. The Balaban J connectivity index is 1.94. The maximum Gasteiger partial charge on any atom is 0.136 e. The first-order valence-corrected chi connectivity index (χ1v) is 7.97. The molecular weight excluding hydrogens is 286 g/mol. The van der Waals surface area contributed by atoms with E-state index >= 15 is 0 Å². The van der Waals surface area contributed by atoms with Crippen LogP contribution in [0, 0.1) is 0 Å². The van der Waals surface area contributed by atoms with Gasteiger partial charge >= 0.3 is 0 Å². The summed E-state index contributed by atoms with van der Waals surface area (Å²) < 4.78 is 10.6. The molecule has 1 unspecified atom stereocenters. The SMILES string of the molecule is COc1ccc(CNCC(C)(O)c2ccco2)cc1SC. The number of hydrogen-bond acceptors (Lipinski definition) is 5. The number of ether oxygens (including phenoxy) is 1. The Labute approximate surface area is 129 Å². The third kappa shape index (κ3) is 4.03. The molecule has 1 aromatic carbocycles. The maximum absolute atomic E-state index is 10.4. The number of thioether (sulfide) groups is 1. The van der Waals surface area contributed by atoms with Gasteiger partial charge in [0.1, 0.15) is 17.1 Å². The molecule has 114 valence electrons. The van der Waals surface area contributed by atoms with Crippen molar-refractivity contribution in [3.8, 4) is 5.75 Å². The Morgan fingerprint density at radius 3 is 2.81 bits per heavy atom. The van der Waals surface area contributed by atoms with E-state index in [1.165, 1.54) is 0 Å². The summed E-state index contributed by atoms with van der Waals surface area (Å²) in [6.07, 6.45) is 3.59. The van der Waals surface area contributed by atoms with Gasteiger partial charge in [0.05, 0.1) is 13.4 Å². The van der Waals surface area contributed by atoms with Gasteiger partial charge in [0.2, 0.25) is 0 Å². The fourth-order valence-electron chi connectivity index (χ4n) is 2.11. The van der Waals surface area contributed by atoms with Crippen molar-refractivity contribution in [2.45, 2.75) is 24.0 Å². The highest BCUT2D eigenvalue weighted by molar-refractivity contribution is 7.98. The van der Waals surface area contributed by atoms with Crippen molar-refractivity contribution in [1.82, 2.24) is 5.32 Å². The van der Waals surface area contributed by atoms with Crippen molar-refractivity contribution >= 4 is 11.8 Å². The number of aliphatic hydroxyl groups is 1. The summed E-state index contributed by atoms with van der Waals surface area (Å²) >= 11 is 1.65. The molecule has 5 heteroatoms. The van der Waals surface area contributed by atoms with E-state index in [2.05, 4.69) is 11.4 Å². The van der Waals surface area contributed by atoms with Crippen LogP contribution in [0.1, 0.15) is 18.2 Å². The minimum Gasteiger partial charge on any atom is -0.496 e. The highest BCUT2D eigenvalue weighted by Gasteiger charge is 2.25. The molecule has 0 spiro atoms. The molecule has 21 heavy (non-hydrogen) atoms. The van der Waals surface area contributed by atoms with Crippen molar-refractivity contribution in [3.63, 3.8) is 0 Å². The van der Waals surface area contributed by atoms with Crippen molar-refractivity contribution < 1.29 is 14.3 Å². The van der Waals surface area contributed by atoms with Crippen molar-refractivity contribution in [1.29, 1.82) is 0 Å². The van der Waals surface area contributed by atoms with E-state index in [9.17, 15) is 5.11 Å². The summed E-state index contributed by atoms with van der Waals surface area (Å²) in [6.45, 7) is 2.83. The first-order chi connectivity index (χ1) is 10.1. The zero-order chi connectivity index (χ0) is 15.3. The van der Waals surface area contributed by atoms with Crippen LogP contribution in [-0.2, 0) is 12.1 Å². The molecule has 2 N–H and O–H groups in total. The van der Waals surface area contributed by atoms with Crippen LogP contribution in [0.2, 0.25) is 0 Å². The number of methoxy groups -OCH3 is 1. The van der Waals surface area contributed by atoms with E-state index in [0.29, 0.717) is 18.8 Å². The molecule has 0 amide bonds. The molecule has 0 radical (unpaired) electrons. The van der Waals surface area contributed by atoms with E-state index < -0.39 is 5.60 Å². The Kier molecular flexibility index (Phi) is 5.33. The van der Waals surface area contributed by atoms with E-state index in [1.807, 2.05) is 18.4 Å². The number of hydrogen-bond donors (Lipinski definition) is 2. The second-order valence-corrected chi connectivity index (χ2v) is 5.89. The molecular formula is C16H21NO3S. The van der Waals surface area contributed by atoms with Gasteiger partial charge in [-0.2, -0.15) is 0 Å². The van der Waals surface area contributed by atoms with Crippen LogP contribution in [0.3, 0.4) is 0 Å². The van der Waals surface area contributed by atoms with Crippen LogP contribution in [0.25, 0.3) is 0 Å². The molecule has 2 aromatic rings. The highest BCUT2D eigenvalue weighted by Crippen LogP contribution is 2.28. The van der Waals surface area contributed by atoms with Crippen molar-refractivity contribution in [2.75, 3.05) is 19.9 Å². The molecule has 0 aliphatic rings. The highest BCUT2D eigenvalue weighted by atomic mass is 32.2. The zero-order valence-corrected chi connectivity index (χ0v) is 13.4. The largest absolute Gasteiger partial charge is 0.496 e. The molecule has 1 heterocycles. The number of benzene rings is 1. The lowest BCUT2D eigenvalue weighted by Crippen LogP contribution is -2.34. The predicted octanol–water partition coefficient (Wildman–Crippen LogP) is 3.01. The topological polar surface area (TPSA) is 54.6 Å². The Bertz CT molecular complexity index is 567. The van der Waals surface area contributed by atoms with E-state index in [4.69, 9.17) is 9.15 Å². The monoisotopic (exact) mass is 307 g/mol. The van der Waals surface area contributed by atoms with Gasteiger partial charge in [0.25, 0.3) is 0 Å².